The lowest BCUT2D eigenvalue weighted by molar-refractivity contribution is 0.384. The summed E-state index contributed by atoms with van der Waals surface area (Å²) in [6.45, 7) is 2.15. The largest absolute Gasteiger partial charge is 0.496 e. The van der Waals surface area contributed by atoms with E-state index >= 15 is 0 Å². The number of halogens is 1. The van der Waals surface area contributed by atoms with E-state index in [1.807, 2.05) is 18.2 Å². The van der Waals surface area contributed by atoms with Crippen LogP contribution >= 0.6 is 11.6 Å². The van der Waals surface area contributed by atoms with Gasteiger partial charge in [-0.05, 0) is 31.4 Å². The molecule has 0 amide bonds. The predicted octanol–water partition coefficient (Wildman–Crippen LogP) is 4.04. The van der Waals surface area contributed by atoms with Gasteiger partial charge in [0.15, 0.2) is 0 Å². The van der Waals surface area contributed by atoms with Gasteiger partial charge in [0.1, 0.15) is 11.5 Å². The van der Waals surface area contributed by atoms with E-state index in [2.05, 4.69) is 6.92 Å². The summed E-state index contributed by atoms with van der Waals surface area (Å²) in [4.78, 5) is 0. The Balaban J connectivity index is 2.74. The fourth-order valence-electron chi connectivity index (χ4n) is 1.93. The van der Waals surface area contributed by atoms with Crippen LogP contribution in [0.25, 0.3) is 0 Å². The van der Waals surface area contributed by atoms with Gasteiger partial charge < -0.3 is 9.47 Å². The molecular formula is C14H21ClO2. The lowest BCUT2D eigenvalue weighted by atomic mass is 10.0. The minimum absolute atomic E-state index is 0.231. The van der Waals surface area contributed by atoms with Crippen LogP contribution in [0, 0.1) is 0 Å². The topological polar surface area (TPSA) is 18.5 Å². The van der Waals surface area contributed by atoms with Gasteiger partial charge in [-0.1, -0.05) is 19.4 Å². The molecule has 0 fully saturated rings. The number of ether oxygens (including phenoxy) is 2. The van der Waals surface area contributed by atoms with E-state index in [9.17, 15) is 0 Å². The quantitative estimate of drug-likeness (QED) is 0.686. The molecular weight excluding hydrogens is 236 g/mol. The smallest absolute Gasteiger partial charge is 0.125 e. The van der Waals surface area contributed by atoms with Crippen LogP contribution in [0.4, 0.5) is 0 Å². The van der Waals surface area contributed by atoms with E-state index in [1.54, 1.807) is 14.2 Å². The highest BCUT2D eigenvalue weighted by Gasteiger charge is 2.12. The third-order valence-electron chi connectivity index (χ3n) is 2.84. The van der Waals surface area contributed by atoms with Crippen LogP contribution in [-0.2, 0) is 6.42 Å². The molecule has 0 saturated heterocycles. The number of benzene rings is 1. The summed E-state index contributed by atoms with van der Waals surface area (Å²) in [5.41, 5.74) is 1.11. The summed E-state index contributed by atoms with van der Waals surface area (Å²) < 4.78 is 10.7. The van der Waals surface area contributed by atoms with Crippen molar-refractivity contribution in [2.24, 2.45) is 0 Å². The van der Waals surface area contributed by atoms with Crippen molar-refractivity contribution in [2.75, 3.05) is 14.2 Å². The lowest BCUT2D eigenvalue weighted by Gasteiger charge is -2.14. The summed E-state index contributed by atoms with van der Waals surface area (Å²) in [6, 6.07) is 5.85. The molecule has 0 aliphatic rings. The zero-order valence-corrected chi connectivity index (χ0v) is 11.6. The first-order valence-electron chi connectivity index (χ1n) is 6.06. The second kappa shape index (κ2) is 7.44. The van der Waals surface area contributed by atoms with Gasteiger partial charge in [0, 0.05) is 10.9 Å². The Labute approximate surface area is 109 Å². The van der Waals surface area contributed by atoms with Gasteiger partial charge in [-0.3, -0.25) is 0 Å². The van der Waals surface area contributed by atoms with E-state index in [0.717, 1.165) is 42.7 Å². The van der Waals surface area contributed by atoms with Crippen LogP contribution in [-0.4, -0.2) is 19.6 Å². The normalized spacial score (nSPS) is 12.2. The molecule has 3 heteroatoms. The fourth-order valence-corrected chi connectivity index (χ4v) is 2.26. The van der Waals surface area contributed by atoms with Crippen molar-refractivity contribution in [3.05, 3.63) is 23.8 Å². The Morgan fingerprint density at radius 2 is 1.71 bits per heavy atom. The highest BCUT2D eigenvalue weighted by atomic mass is 35.5. The second-order valence-corrected chi connectivity index (χ2v) is 4.68. The van der Waals surface area contributed by atoms with Crippen molar-refractivity contribution in [3.63, 3.8) is 0 Å². The Morgan fingerprint density at radius 3 is 2.18 bits per heavy atom. The Kier molecular flexibility index (Phi) is 6.20. The average molecular weight is 257 g/mol. The van der Waals surface area contributed by atoms with Crippen LogP contribution in [0.3, 0.4) is 0 Å². The lowest BCUT2D eigenvalue weighted by Crippen LogP contribution is -2.03. The second-order valence-electron chi connectivity index (χ2n) is 4.07. The minimum atomic E-state index is 0.231. The summed E-state index contributed by atoms with van der Waals surface area (Å²) in [6.07, 6.45) is 4.02. The van der Waals surface area contributed by atoms with E-state index < -0.39 is 0 Å². The average Bonchev–Trinajstić information content (AvgIpc) is 2.36. The number of rotatable bonds is 7. The first-order chi connectivity index (χ1) is 8.22. The number of hydrogen-bond acceptors (Lipinski definition) is 2. The van der Waals surface area contributed by atoms with Gasteiger partial charge in [-0.2, -0.15) is 0 Å². The molecule has 0 heterocycles. The van der Waals surface area contributed by atoms with Gasteiger partial charge in [0.2, 0.25) is 0 Å². The third-order valence-corrected chi connectivity index (χ3v) is 3.28. The van der Waals surface area contributed by atoms with Crippen LogP contribution in [0.5, 0.6) is 11.5 Å². The number of methoxy groups -OCH3 is 2. The van der Waals surface area contributed by atoms with Crippen LogP contribution < -0.4 is 9.47 Å². The van der Waals surface area contributed by atoms with Crippen LogP contribution in [0.15, 0.2) is 18.2 Å². The summed E-state index contributed by atoms with van der Waals surface area (Å²) >= 11 is 6.24. The molecule has 0 N–H and O–H groups in total. The van der Waals surface area contributed by atoms with Gasteiger partial charge in [-0.15, -0.1) is 11.6 Å². The van der Waals surface area contributed by atoms with Gasteiger partial charge in [0.05, 0.1) is 14.2 Å². The monoisotopic (exact) mass is 256 g/mol. The van der Waals surface area contributed by atoms with E-state index in [1.165, 1.54) is 0 Å². The molecule has 1 atom stereocenters. The molecule has 1 aromatic rings. The van der Waals surface area contributed by atoms with Crippen molar-refractivity contribution >= 4 is 11.6 Å². The van der Waals surface area contributed by atoms with Crippen molar-refractivity contribution in [1.82, 2.24) is 0 Å². The van der Waals surface area contributed by atoms with Crippen molar-refractivity contribution in [2.45, 2.75) is 38.0 Å². The number of hydrogen-bond donors (Lipinski definition) is 0. The van der Waals surface area contributed by atoms with E-state index in [4.69, 9.17) is 21.1 Å². The molecule has 0 saturated carbocycles. The van der Waals surface area contributed by atoms with E-state index in [-0.39, 0.29) is 5.38 Å². The molecule has 96 valence electrons. The van der Waals surface area contributed by atoms with Gasteiger partial charge in [-0.25, -0.2) is 0 Å². The molecule has 1 unspecified atom stereocenters. The maximum absolute atomic E-state index is 6.24. The zero-order chi connectivity index (χ0) is 12.7. The van der Waals surface area contributed by atoms with Crippen molar-refractivity contribution < 1.29 is 9.47 Å². The van der Waals surface area contributed by atoms with Crippen molar-refractivity contribution in [3.8, 4) is 11.5 Å². The molecule has 0 aliphatic carbocycles. The molecule has 1 rings (SSSR count). The van der Waals surface area contributed by atoms with Gasteiger partial charge in [0.25, 0.3) is 0 Å². The first kappa shape index (κ1) is 14.2. The standard InChI is InChI=1S/C14H21ClO2/c1-4-6-11(15)9-10-12-13(16-2)7-5-8-14(12)17-3/h5,7-8,11H,4,6,9-10H2,1-3H3. The first-order valence-corrected chi connectivity index (χ1v) is 6.50. The van der Waals surface area contributed by atoms with Crippen LogP contribution in [0.1, 0.15) is 31.7 Å². The Bertz CT molecular complexity index is 317. The summed E-state index contributed by atoms with van der Waals surface area (Å²) in [5, 5.41) is 0.231. The SMILES string of the molecule is CCCC(Cl)CCc1c(OC)cccc1OC. The molecule has 17 heavy (non-hydrogen) atoms. The third kappa shape index (κ3) is 4.12. The highest BCUT2D eigenvalue weighted by Crippen LogP contribution is 2.30. The van der Waals surface area contributed by atoms with Crippen molar-refractivity contribution in [1.29, 1.82) is 0 Å². The zero-order valence-electron chi connectivity index (χ0n) is 10.8. The molecule has 0 aromatic heterocycles. The number of alkyl halides is 1. The highest BCUT2D eigenvalue weighted by molar-refractivity contribution is 6.20. The minimum Gasteiger partial charge on any atom is -0.496 e. The molecule has 0 radical (unpaired) electrons. The van der Waals surface area contributed by atoms with E-state index in [0.29, 0.717) is 0 Å². The molecule has 0 bridgehead atoms. The summed E-state index contributed by atoms with van der Waals surface area (Å²) in [7, 11) is 3.37. The summed E-state index contributed by atoms with van der Waals surface area (Å²) in [5.74, 6) is 1.76. The maximum Gasteiger partial charge on any atom is 0.125 e. The Hall–Kier alpha value is -0.890. The predicted molar refractivity (Wildman–Crippen MR) is 72.4 cm³/mol. The van der Waals surface area contributed by atoms with Crippen LogP contribution in [0.2, 0.25) is 0 Å². The molecule has 0 aliphatic heterocycles. The van der Waals surface area contributed by atoms with Gasteiger partial charge >= 0.3 is 0 Å². The maximum atomic E-state index is 6.24. The fraction of sp³-hybridized carbons (Fsp3) is 0.571. The molecule has 1 aromatic carbocycles. The molecule has 2 nitrogen and oxygen atoms in total. The molecule has 0 spiro atoms. The Morgan fingerprint density at radius 1 is 1.12 bits per heavy atom.